The van der Waals surface area contributed by atoms with E-state index in [1.807, 2.05) is 73.7 Å². The Balaban J connectivity index is 1.34. The van der Waals surface area contributed by atoms with Crippen LogP contribution >= 0.6 is 0 Å². The molecule has 3 aromatic carbocycles. The van der Waals surface area contributed by atoms with Crippen LogP contribution in [0.25, 0.3) is 11.1 Å². The zero-order valence-electron chi connectivity index (χ0n) is 31.3. The summed E-state index contributed by atoms with van der Waals surface area (Å²) in [5, 5.41) is 17.8. The molecule has 3 atom stereocenters. The number of aliphatic carboxylic acids is 1. The molecule has 0 bridgehead atoms. The largest absolute Gasteiger partial charge is 0.481 e. The summed E-state index contributed by atoms with van der Waals surface area (Å²) in [5.41, 5.74) is 6.77. The molecular weight excluding hydrogens is 670 g/mol. The molecule has 4 N–H and O–H groups in total. The second-order valence-corrected chi connectivity index (χ2v) is 15.6. The maximum atomic E-state index is 14.0. The number of ether oxygens (including phenoxy) is 1. The molecule has 0 aliphatic heterocycles. The Morgan fingerprint density at radius 1 is 0.830 bits per heavy atom. The van der Waals surface area contributed by atoms with Crippen LogP contribution in [0.4, 0.5) is 4.79 Å². The maximum absolute atomic E-state index is 14.0. The van der Waals surface area contributed by atoms with Crippen molar-refractivity contribution in [3.05, 3.63) is 94.5 Å². The molecule has 2 aliphatic rings. The van der Waals surface area contributed by atoms with Crippen molar-refractivity contribution in [2.75, 3.05) is 6.61 Å². The van der Waals surface area contributed by atoms with Crippen molar-refractivity contribution in [2.24, 2.45) is 5.92 Å². The molecule has 0 spiro atoms. The average Bonchev–Trinajstić information content (AvgIpc) is 3.45. The number of hydrogen-bond acceptors (Lipinski definition) is 6. The van der Waals surface area contributed by atoms with Gasteiger partial charge in [0.2, 0.25) is 11.8 Å². The number of rotatable bonds is 15. The van der Waals surface area contributed by atoms with Gasteiger partial charge >= 0.3 is 12.1 Å². The molecular formula is C43H53N3O7. The zero-order valence-corrected chi connectivity index (χ0v) is 31.3. The number of carbonyl (C=O) groups excluding carboxylic acids is 4. The van der Waals surface area contributed by atoms with Gasteiger partial charge in [-0.3, -0.25) is 14.4 Å². The van der Waals surface area contributed by atoms with Crippen molar-refractivity contribution < 1.29 is 33.8 Å². The maximum Gasteiger partial charge on any atom is 0.407 e. The van der Waals surface area contributed by atoms with Crippen LogP contribution in [0.15, 0.2) is 66.7 Å². The van der Waals surface area contributed by atoms with Gasteiger partial charge in [-0.1, -0.05) is 120 Å². The summed E-state index contributed by atoms with van der Waals surface area (Å²) in [5.74, 6) is -2.26. The van der Waals surface area contributed by atoms with Crippen LogP contribution < -0.4 is 16.0 Å². The van der Waals surface area contributed by atoms with E-state index >= 15 is 0 Å². The van der Waals surface area contributed by atoms with Gasteiger partial charge in [0.15, 0.2) is 0 Å². The van der Waals surface area contributed by atoms with Crippen LogP contribution in [0.1, 0.15) is 106 Å². The van der Waals surface area contributed by atoms with Gasteiger partial charge in [0.1, 0.15) is 25.0 Å². The molecule has 3 aromatic rings. The lowest BCUT2D eigenvalue weighted by Crippen LogP contribution is -2.56. The molecule has 10 heteroatoms. The highest BCUT2D eigenvalue weighted by Crippen LogP contribution is 2.44. The fourth-order valence-electron chi connectivity index (χ4n) is 7.89. The first-order chi connectivity index (χ1) is 25.3. The smallest absolute Gasteiger partial charge is 0.407 e. The van der Waals surface area contributed by atoms with Crippen molar-refractivity contribution in [3.8, 4) is 11.1 Å². The number of aryl methyl sites for hydroxylation is 1. The van der Waals surface area contributed by atoms with Crippen LogP contribution in [-0.4, -0.2) is 60.0 Å². The third-order valence-corrected chi connectivity index (χ3v) is 10.7. The molecule has 0 saturated heterocycles. The molecule has 3 amide bonds. The molecule has 0 aromatic heterocycles. The number of carboxylic acids is 1. The number of fused-ring (bicyclic) bond motifs is 3. The third-order valence-electron chi connectivity index (χ3n) is 10.7. The molecule has 2 aliphatic carbocycles. The van der Waals surface area contributed by atoms with Crippen molar-refractivity contribution in [1.82, 2.24) is 16.0 Å². The van der Waals surface area contributed by atoms with E-state index in [0.717, 1.165) is 70.9 Å². The summed E-state index contributed by atoms with van der Waals surface area (Å²) in [4.78, 5) is 65.2. The number of amides is 3. The van der Waals surface area contributed by atoms with E-state index in [4.69, 9.17) is 4.74 Å². The molecule has 5 rings (SSSR count). The van der Waals surface area contributed by atoms with Crippen LogP contribution in [0.5, 0.6) is 0 Å². The first kappa shape index (κ1) is 39.2. The van der Waals surface area contributed by atoms with E-state index in [-0.39, 0.29) is 30.8 Å². The molecule has 1 saturated carbocycles. The molecule has 1 fully saturated rings. The number of carboxylic acid groups (broad SMARTS) is 1. The van der Waals surface area contributed by atoms with Gasteiger partial charge in [0.25, 0.3) is 0 Å². The van der Waals surface area contributed by atoms with Crippen LogP contribution in [-0.2, 0) is 35.8 Å². The molecule has 0 unspecified atom stereocenters. The van der Waals surface area contributed by atoms with E-state index in [0.29, 0.717) is 12.3 Å². The summed E-state index contributed by atoms with van der Waals surface area (Å²) in [6.07, 6.45) is 5.28. The Kier molecular flexibility index (Phi) is 13.1. The summed E-state index contributed by atoms with van der Waals surface area (Å²) in [6, 6.07) is 18.6. The summed E-state index contributed by atoms with van der Waals surface area (Å²) < 4.78 is 5.69. The standard InChI is InChI=1S/C43H53N3O7/c1-27-13-12-20-36(43(2,3)4)34(27)24-38(41(51)44-29(25-47)23-28-14-6-5-7-15-28)45-40(50)37(21-22-39(48)49)46-42(52)53-26-35-32-18-10-8-16-30(32)31-17-9-11-19-33(31)35/h8-13,16-20,25,28-29,35,37-38H,5-7,14-15,21-24,26H2,1-4H3,(H,44,51)(H,45,50)(H,46,52)(H,48,49)/t29-,37-,38-/m0/s1. The van der Waals surface area contributed by atoms with Gasteiger partial charge in [0.05, 0.1) is 6.04 Å². The average molecular weight is 724 g/mol. The van der Waals surface area contributed by atoms with Crippen LogP contribution in [0, 0.1) is 12.8 Å². The molecule has 0 radical (unpaired) electrons. The molecule has 0 heterocycles. The lowest BCUT2D eigenvalue weighted by Gasteiger charge is -2.29. The molecule has 10 nitrogen and oxygen atoms in total. The van der Waals surface area contributed by atoms with E-state index < -0.39 is 48.4 Å². The normalized spacial score (nSPS) is 16.0. The Labute approximate surface area is 312 Å². The number of carbonyl (C=O) groups is 5. The lowest BCUT2D eigenvalue weighted by molar-refractivity contribution is -0.137. The van der Waals surface area contributed by atoms with Crippen molar-refractivity contribution >= 4 is 30.2 Å². The van der Waals surface area contributed by atoms with Crippen molar-refractivity contribution in [1.29, 1.82) is 0 Å². The Hall–Kier alpha value is -4.99. The SMILES string of the molecule is Cc1cccc(C(C)(C)C)c1C[C@H](NC(=O)[C@H](CCC(=O)O)NC(=O)OCC1c2ccccc2-c2ccccc21)C(=O)N[C@H](C=O)CC1CCCCC1. The number of hydrogen-bond donors (Lipinski definition) is 4. The van der Waals surface area contributed by atoms with Crippen LogP contribution in [0.3, 0.4) is 0 Å². The predicted molar refractivity (Wildman–Crippen MR) is 204 cm³/mol. The third kappa shape index (κ3) is 10.1. The van der Waals surface area contributed by atoms with E-state index in [1.54, 1.807) is 0 Å². The summed E-state index contributed by atoms with van der Waals surface area (Å²) >= 11 is 0. The highest BCUT2D eigenvalue weighted by molar-refractivity contribution is 5.92. The Morgan fingerprint density at radius 3 is 2.06 bits per heavy atom. The highest BCUT2D eigenvalue weighted by atomic mass is 16.5. The van der Waals surface area contributed by atoms with Crippen molar-refractivity contribution in [2.45, 2.75) is 115 Å². The monoisotopic (exact) mass is 723 g/mol. The van der Waals surface area contributed by atoms with Gasteiger partial charge in [-0.25, -0.2) is 4.79 Å². The summed E-state index contributed by atoms with van der Waals surface area (Å²) in [7, 11) is 0. The van der Waals surface area contributed by atoms with Crippen molar-refractivity contribution in [3.63, 3.8) is 0 Å². The zero-order chi connectivity index (χ0) is 38.1. The number of nitrogens with one attached hydrogen (secondary N) is 3. The minimum absolute atomic E-state index is 0.00903. The fourth-order valence-corrected chi connectivity index (χ4v) is 7.89. The van der Waals surface area contributed by atoms with Gasteiger partial charge in [-0.15, -0.1) is 0 Å². The number of benzene rings is 3. The lowest BCUT2D eigenvalue weighted by atomic mass is 9.80. The van der Waals surface area contributed by atoms with Gasteiger partial charge in [0, 0.05) is 18.8 Å². The second-order valence-electron chi connectivity index (χ2n) is 15.6. The Morgan fingerprint density at radius 2 is 1.45 bits per heavy atom. The predicted octanol–water partition coefficient (Wildman–Crippen LogP) is 6.75. The van der Waals surface area contributed by atoms with E-state index in [1.165, 1.54) is 6.42 Å². The minimum Gasteiger partial charge on any atom is -0.481 e. The van der Waals surface area contributed by atoms with Crippen LogP contribution in [0.2, 0.25) is 0 Å². The second kappa shape index (κ2) is 17.7. The fraction of sp³-hybridized carbons (Fsp3) is 0.465. The van der Waals surface area contributed by atoms with Gasteiger partial charge < -0.3 is 30.6 Å². The van der Waals surface area contributed by atoms with Gasteiger partial charge in [-0.2, -0.15) is 0 Å². The van der Waals surface area contributed by atoms with Gasteiger partial charge in [-0.05, 0) is 70.0 Å². The molecule has 53 heavy (non-hydrogen) atoms. The molecule has 282 valence electrons. The topological polar surface area (TPSA) is 151 Å². The Bertz CT molecular complexity index is 1750. The van der Waals surface area contributed by atoms with E-state index in [9.17, 15) is 29.1 Å². The summed E-state index contributed by atoms with van der Waals surface area (Å²) in [6.45, 7) is 8.19. The highest BCUT2D eigenvalue weighted by Gasteiger charge is 2.33. The van der Waals surface area contributed by atoms with E-state index in [2.05, 4.69) is 36.7 Å². The first-order valence-corrected chi connectivity index (χ1v) is 18.8. The quantitative estimate of drug-likeness (QED) is 0.127. The number of alkyl carbamates (subject to hydrolysis) is 1. The number of aldehydes is 1. The minimum atomic E-state index is -1.31. The first-order valence-electron chi connectivity index (χ1n) is 18.8.